The minimum atomic E-state index is -1.08. The van der Waals surface area contributed by atoms with Crippen LogP contribution < -0.4 is 71.5 Å². The Kier molecular flexibility index (Phi) is 238. The van der Waals surface area contributed by atoms with Crippen molar-refractivity contribution in [2.45, 2.75) is 96.9 Å². The number of aliphatic carboxylic acids is 14. The minimum absolute atomic E-state index is 0. The van der Waals surface area contributed by atoms with Crippen molar-refractivity contribution < 1.29 is 208 Å². The quantitative estimate of drug-likeness (QED) is 0.217. The second-order valence-corrected chi connectivity index (χ2v) is 6.88. The summed E-state index contributed by atoms with van der Waals surface area (Å²) in [7, 11) is 0. The van der Waals surface area contributed by atoms with Crippen LogP contribution in [0.4, 0.5) is 0 Å². The minimum Gasteiger partial charge on any atom is -0.550 e. The van der Waals surface area contributed by atoms with E-state index in [0.717, 1.165) is 96.9 Å². The molecule has 0 saturated carbocycles. The van der Waals surface area contributed by atoms with Crippen LogP contribution in [-0.4, -0.2) is 83.6 Å². The first-order chi connectivity index (χ1) is 24.2. The van der Waals surface area contributed by atoms with Crippen molar-refractivity contribution in [2.24, 2.45) is 0 Å². The van der Waals surface area contributed by atoms with Crippen molar-refractivity contribution in [3.8, 4) is 0 Å². The van der Waals surface area contributed by atoms with Crippen molar-refractivity contribution >= 4 is 97.1 Å². The Morgan fingerprint density at radius 2 is 0.164 bits per heavy atom. The van der Waals surface area contributed by atoms with Crippen molar-refractivity contribution in [2.75, 3.05) is 0 Å². The maximum atomic E-state index is 8.89. The van der Waals surface area contributed by atoms with Gasteiger partial charge in [-0.2, -0.15) is 0 Å². The van der Waals surface area contributed by atoms with Gasteiger partial charge in [-0.15, -0.1) is 0 Å². The number of hydrogen-bond acceptors (Lipinski definition) is 28. The van der Waals surface area contributed by atoms with E-state index in [2.05, 4.69) is 0 Å². The Morgan fingerprint density at radius 3 is 0.164 bits per heavy atom. The van der Waals surface area contributed by atoms with Crippen LogP contribution in [0.2, 0.25) is 0 Å². The SMILES string of the molecule is CC(=O)[O-].CC(=O)[O-].CC(=O)[O-].CC(=O)[O-].CC(=O)[O-].CC(=O)[O-].CC(=O)[O-].CC(=O)[O-].CC(=O)[O-].CC(=O)[O-].CC(=O)[O-].CC(=O)[O-].CC(=O)[O-].CC(=O)[O-].[Cr+3].[Cr+3].[Cr+3].[Cr+3].[S+2]. The van der Waals surface area contributed by atoms with E-state index in [-0.39, 0.29) is 82.9 Å². The fraction of sp³-hybridized carbons (Fsp3) is 0.500. The molecule has 0 heterocycles. The van der Waals surface area contributed by atoms with Crippen molar-refractivity contribution in [3.05, 3.63) is 0 Å². The number of carboxylic acid groups (broad SMARTS) is 14. The standard InChI is InChI=1S/14C2H4O2.4Cr.S/c14*1-2(3)4;;;;;/h14*1H3,(H,3,4);;;;;/q;;;;;;;;;;;;;;4*+3;+2/p-14. The number of carbonyl (C=O) groups excluding carboxylic acids is 14. The molecule has 0 fully saturated rings. The van der Waals surface area contributed by atoms with Crippen molar-refractivity contribution in [1.29, 1.82) is 0 Å². The van der Waals surface area contributed by atoms with Gasteiger partial charge in [0.05, 0.1) is 0 Å². The van der Waals surface area contributed by atoms with Gasteiger partial charge in [-0.3, -0.25) is 0 Å². The van der Waals surface area contributed by atoms with E-state index >= 15 is 0 Å². The summed E-state index contributed by atoms with van der Waals surface area (Å²) in [6, 6.07) is 0. The molecule has 352 valence electrons. The van der Waals surface area contributed by atoms with Gasteiger partial charge in [-0.05, 0) is 96.9 Å². The Hall–Kier alpha value is -4.94. The average Bonchev–Trinajstić information content (AvgIpc) is 2.73. The molecule has 0 aromatic rings. The summed E-state index contributed by atoms with van der Waals surface area (Å²) in [5.74, 6) is -15.2. The van der Waals surface area contributed by atoms with Gasteiger partial charge in [0.25, 0.3) is 0 Å². The van der Waals surface area contributed by atoms with E-state index in [1.165, 1.54) is 0 Å². The molecule has 0 rings (SSSR count). The first-order valence-corrected chi connectivity index (χ1v) is 12.7. The van der Waals surface area contributed by atoms with Gasteiger partial charge in [0.15, 0.2) is 0 Å². The fourth-order valence-electron chi connectivity index (χ4n) is 0. The first-order valence-electron chi connectivity index (χ1n) is 12.7. The average molecular weight is 1070 g/mol. The van der Waals surface area contributed by atoms with Gasteiger partial charge in [0.1, 0.15) is 0 Å². The maximum absolute atomic E-state index is 8.89. The van der Waals surface area contributed by atoms with Gasteiger partial charge in [0.2, 0.25) is 0 Å². The predicted molar refractivity (Wildman–Crippen MR) is 157 cm³/mol. The van der Waals surface area contributed by atoms with Gasteiger partial charge in [0, 0.05) is 83.6 Å². The topological polar surface area (TPSA) is 562 Å². The summed E-state index contributed by atoms with van der Waals surface area (Å²) in [6.07, 6.45) is 0. The second kappa shape index (κ2) is 117. The van der Waals surface area contributed by atoms with Crippen LogP contribution in [0.3, 0.4) is 0 Å². The zero-order chi connectivity index (χ0) is 50.1. The normalized spacial score (nSPS) is 5.74. The molecule has 0 amide bonds. The molecule has 0 aromatic carbocycles. The summed E-state index contributed by atoms with van der Waals surface area (Å²) >= 11 is 0. The Balaban J connectivity index is -0.0000000182. The molecule has 0 aliphatic rings. The largest absolute Gasteiger partial charge is 3.00 e. The van der Waals surface area contributed by atoms with E-state index in [1.54, 1.807) is 0 Å². The van der Waals surface area contributed by atoms with Gasteiger partial charge in [-0.1, -0.05) is 0 Å². The van der Waals surface area contributed by atoms with Crippen molar-refractivity contribution in [3.63, 3.8) is 0 Å². The number of rotatable bonds is 0. The zero-order valence-electron chi connectivity index (χ0n) is 34.5. The number of carbonyl (C=O) groups is 14. The van der Waals surface area contributed by atoms with Crippen LogP contribution in [-0.2, 0) is 150 Å². The summed E-state index contributed by atoms with van der Waals surface area (Å²) < 4.78 is 0. The van der Waals surface area contributed by atoms with E-state index in [9.17, 15) is 0 Å². The molecule has 61 heavy (non-hydrogen) atoms. The molecule has 0 spiro atoms. The third-order valence-corrected chi connectivity index (χ3v) is 0. The van der Waals surface area contributed by atoms with E-state index < -0.39 is 83.6 Å². The first kappa shape index (κ1) is 124. The Labute approximate surface area is 400 Å². The summed E-state index contributed by atoms with van der Waals surface area (Å²) in [4.78, 5) is 124. The smallest absolute Gasteiger partial charge is 0.550 e. The molecular weight excluding hydrogens is 1020 g/mol. The molecule has 0 aromatic heterocycles. The molecule has 0 saturated heterocycles. The monoisotopic (exact) mass is 1070 g/mol. The number of hydrogen-bond donors (Lipinski definition) is 0. The number of carboxylic acids is 14. The molecule has 0 aliphatic carbocycles. The summed E-state index contributed by atoms with van der Waals surface area (Å²) in [6.45, 7) is 13.6. The molecule has 0 unspecified atom stereocenters. The predicted octanol–water partition coefficient (Wildman–Crippen LogP) is -17.4. The Bertz CT molecular complexity index is 727. The van der Waals surface area contributed by atoms with E-state index in [4.69, 9.17) is 139 Å². The van der Waals surface area contributed by atoms with Crippen LogP contribution in [0.5, 0.6) is 0 Å². The molecule has 8 radical (unpaired) electrons. The summed E-state index contributed by atoms with van der Waals surface area (Å²) in [5, 5.41) is 124. The van der Waals surface area contributed by atoms with E-state index in [0.29, 0.717) is 0 Å². The molecule has 33 heteroatoms. The van der Waals surface area contributed by atoms with Crippen LogP contribution in [0.25, 0.3) is 0 Å². The molecule has 0 atom stereocenters. The maximum Gasteiger partial charge on any atom is 3.00 e. The molecule has 0 aliphatic heterocycles. The van der Waals surface area contributed by atoms with Crippen LogP contribution in [0.15, 0.2) is 0 Å². The summed E-state index contributed by atoms with van der Waals surface area (Å²) in [5.41, 5.74) is 0. The van der Waals surface area contributed by atoms with Crippen molar-refractivity contribution in [1.82, 2.24) is 0 Å². The van der Waals surface area contributed by atoms with Crippen LogP contribution >= 0.6 is 0 Å². The Morgan fingerprint density at radius 1 is 0.164 bits per heavy atom. The second-order valence-electron chi connectivity index (χ2n) is 6.88. The molecule has 28 nitrogen and oxygen atoms in total. The zero-order valence-corrected chi connectivity index (χ0v) is 40.4. The molecule has 0 N–H and O–H groups in total. The molecular formula is C28H42Cr4O28S. The van der Waals surface area contributed by atoms with Gasteiger partial charge >= 0.3 is 82.9 Å². The van der Waals surface area contributed by atoms with Gasteiger partial charge < -0.3 is 139 Å². The van der Waals surface area contributed by atoms with E-state index in [1.807, 2.05) is 0 Å². The third kappa shape index (κ3) is 6350. The van der Waals surface area contributed by atoms with Crippen LogP contribution in [0, 0.1) is 0 Å². The van der Waals surface area contributed by atoms with Gasteiger partial charge in [-0.25, -0.2) is 0 Å². The fourth-order valence-corrected chi connectivity index (χ4v) is 0. The molecule has 0 bridgehead atoms. The third-order valence-electron chi connectivity index (χ3n) is 0. The van der Waals surface area contributed by atoms with Crippen LogP contribution in [0.1, 0.15) is 96.9 Å².